The van der Waals surface area contributed by atoms with E-state index < -0.39 is 11.9 Å². The molecule has 0 saturated heterocycles. The Morgan fingerprint density at radius 1 is 1.05 bits per heavy atom. The number of carbonyl (C=O) groups is 3. The van der Waals surface area contributed by atoms with Crippen molar-refractivity contribution in [3.05, 3.63) is 58.5 Å². The van der Waals surface area contributed by atoms with E-state index >= 15 is 0 Å². The van der Waals surface area contributed by atoms with Gasteiger partial charge in [-0.15, -0.1) is 6.58 Å². The highest BCUT2D eigenvalue weighted by Crippen LogP contribution is 2.55. The average Bonchev–Trinajstić information content (AvgIpc) is 2.79. The molecule has 0 fully saturated rings. The van der Waals surface area contributed by atoms with Crippen molar-refractivity contribution < 1.29 is 29.0 Å². The molecule has 2 aliphatic carbocycles. The number of nitrogens with zero attached hydrogens (tertiary/aromatic N) is 1. The first kappa shape index (κ1) is 27.7. The molecule has 0 aromatic heterocycles. The van der Waals surface area contributed by atoms with Crippen LogP contribution in [0.25, 0.3) is 0 Å². The maximum Gasteiger partial charge on any atom is 0.323 e. The van der Waals surface area contributed by atoms with E-state index in [2.05, 4.69) is 6.58 Å². The monoisotopic (exact) mass is 521 g/mol. The van der Waals surface area contributed by atoms with Crippen molar-refractivity contribution in [2.75, 3.05) is 20.3 Å². The molecule has 7 nitrogen and oxygen atoms in total. The number of hydrogen-bond donors (Lipinski definition) is 1. The van der Waals surface area contributed by atoms with Crippen LogP contribution in [0.2, 0.25) is 0 Å². The van der Waals surface area contributed by atoms with Gasteiger partial charge in [0.05, 0.1) is 13.7 Å². The molecule has 204 valence electrons. The van der Waals surface area contributed by atoms with Gasteiger partial charge in [0.15, 0.2) is 23.1 Å². The third-order valence-electron chi connectivity index (χ3n) is 7.68. The van der Waals surface area contributed by atoms with Gasteiger partial charge in [0.1, 0.15) is 6.54 Å². The minimum atomic E-state index is -0.996. The molecule has 0 atom stereocenters. The van der Waals surface area contributed by atoms with Gasteiger partial charge in [0, 0.05) is 46.9 Å². The van der Waals surface area contributed by atoms with Crippen molar-refractivity contribution in [1.82, 2.24) is 4.90 Å². The van der Waals surface area contributed by atoms with Crippen LogP contribution < -0.4 is 9.47 Å². The lowest BCUT2D eigenvalue weighted by molar-refractivity contribution is -0.138. The summed E-state index contributed by atoms with van der Waals surface area (Å²) in [5.41, 5.74) is 3.50. The summed E-state index contributed by atoms with van der Waals surface area (Å²) in [4.78, 5) is 41.5. The summed E-state index contributed by atoms with van der Waals surface area (Å²) in [6, 6.07) is 3.85. The number of Topliss-reactive ketones (excluding diaryl/α,β-unsaturated/α-hetero) is 2. The molecule has 1 aromatic rings. The van der Waals surface area contributed by atoms with Crippen LogP contribution in [0.1, 0.15) is 77.3 Å². The molecule has 38 heavy (non-hydrogen) atoms. The summed E-state index contributed by atoms with van der Waals surface area (Å²) in [6.07, 6.45) is 4.08. The zero-order valence-electron chi connectivity index (χ0n) is 23.4. The van der Waals surface area contributed by atoms with Crippen LogP contribution in [-0.2, 0) is 20.8 Å². The lowest BCUT2D eigenvalue weighted by atomic mass is 9.63. The Bertz CT molecular complexity index is 1210. The molecule has 0 unspecified atom stereocenters. The van der Waals surface area contributed by atoms with E-state index in [0.29, 0.717) is 61.4 Å². The summed E-state index contributed by atoms with van der Waals surface area (Å²) in [6.45, 7) is 14.1. The fourth-order valence-corrected chi connectivity index (χ4v) is 6.32. The highest BCUT2D eigenvalue weighted by Gasteiger charge is 2.49. The van der Waals surface area contributed by atoms with Crippen molar-refractivity contribution in [2.24, 2.45) is 10.8 Å². The molecule has 0 spiro atoms. The van der Waals surface area contributed by atoms with E-state index in [1.54, 1.807) is 18.1 Å². The maximum atomic E-state index is 13.9. The first-order valence-electron chi connectivity index (χ1n) is 13.3. The number of carboxylic acid groups (broad SMARTS) is 1. The van der Waals surface area contributed by atoms with Gasteiger partial charge in [-0.25, -0.2) is 0 Å². The Morgan fingerprint density at radius 2 is 1.61 bits per heavy atom. The standard InChI is InChI=1S/C31H39NO6/c1-8-10-18-11-19(12-24(37-7)29(18)38-9-2)26-27-20(13-30(3,4)15-22(27)33)32(17-25(35)36)21-14-31(5,6)16-23(34)28(21)26/h8,11-12,26H,1,9-10,13-17H2,2-7H3,(H,35,36). The van der Waals surface area contributed by atoms with Gasteiger partial charge in [-0.05, 0) is 48.6 Å². The number of benzene rings is 1. The van der Waals surface area contributed by atoms with Gasteiger partial charge >= 0.3 is 5.97 Å². The number of allylic oxidation sites excluding steroid dienone is 5. The predicted molar refractivity (Wildman–Crippen MR) is 145 cm³/mol. The molecule has 0 amide bonds. The van der Waals surface area contributed by atoms with Gasteiger partial charge in [-0.1, -0.05) is 39.8 Å². The van der Waals surface area contributed by atoms with E-state index in [-0.39, 0.29) is 28.9 Å². The molecule has 4 rings (SSSR count). The number of hydrogen-bond acceptors (Lipinski definition) is 6. The average molecular weight is 522 g/mol. The molecule has 1 aromatic carbocycles. The van der Waals surface area contributed by atoms with Crippen LogP contribution in [-0.4, -0.2) is 47.8 Å². The molecule has 7 heteroatoms. The Morgan fingerprint density at radius 3 is 2.05 bits per heavy atom. The second-order valence-corrected chi connectivity index (χ2v) is 12.2. The highest BCUT2D eigenvalue weighted by atomic mass is 16.5. The van der Waals surface area contributed by atoms with Gasteiger partial charge in [0.25, 0.3) is 0 Å². The molecular weight excluding hydrogens is 482 g/mol. The SMILES string of the molecule is C=CCc1cc(C2C3=C(CC(C)(C)CC3=O)N(CC(=O)O)C3=C2C(=O)CC(C)(C)C3)cc(OC)c1OCC. The van der Waals surface area contributed by atoms with Crippen molar-refractivity contribution in [1.29, 1.82) is 0 Å². The normalized spacial score (nSPS) is 20.7. The van der Waals surface area contributed by atoms with Crippen LogP contribution in [0.5, 0.6) is 11.5 Å². The summed E-state index contributed by atoms with van der Waals surface area (Å²) in [5, 5.41) is 9.87. The minimum Gasteiger partial charge on any atom is -0.493 e. The Kier molecular flexibility index (Phi) is 7.34. The third-order valence-corrected chi connectivity index (χ3v) is 7.68. The first-order chi connectivity index (χ1) is 17.8. The fourth-order valence-electron chi connectivity index (χ4n) is 6.32. The van der Waals surface area contributed by atoms with Gasteiger partial charge in [-0.3, -0.25) is 14.4 Å². The van der Waals surface area contributed by atoms with Crippen LogP contribution in [0.15, 0.2) is 47.3 Å². The van der Waals surface area contributed by atoms with Crippen LogP contribution in [0.4, 0.5) is 0 Å². The number of ketones is 2. The predicted octanol–water partition coefficient (Wildman–Crippen LogP) is 5.59. The fraction of sp³-hybridized carbons (Fsp3) is 0.516. The summed E-state index contributed by atoms with van der Waals surface area (Å²) >= 11 is 0. The second-order valence-electron chi connectivity index (χ2n) is 12.2. The lowest BCUT2D eigenvalue weighted by Crippen LogP contribution is -2.45. The van der Waals surface area contributed by atoms with Gasteiger partial charge in [-0.2, -0.15) is 0 Å². The van der Waals surface area contributed by atoms with Gasteiger partial charge in [0.2, 0.25) is 0 Å². The van der Waals surface area contributed by atoms with E-state index in [1.807, 2.05) is 46.8 Å². The van der Waals surface area contributed by atoms with E-state index in [9.17, 15) is 19.5 Å². The molecule has 1 aliphatic heterocycles. The Hall–Kier alpha value is -3.35. The molecular formula is C31H39NO6. The molecule has 0 saturated carbocycles. The number of carboxylic acids is 1. The number of ether oxygens (including phenoxy) is 2. The smallest absolute Gasteiger partial charge is 0.323 e. The zero-order chi connectivity index (χ0) is 28.0. The van der Waals surface area contributed by atoms with Crippen LogP contribution >= 0.6 is 0 Å². The van der Waals surface area contributed by atoms with E-state index in [4.69, 9.17) is 9.47 Å². The van der Waals surface area contributed by atoms with Gasteiger partial charge < -0.3 is 19.5 Å². The Balaban J connectivity index is 2.05. The van der Waals surface area contributed by atoms with Crippen molar-refractivity contribution in [3.8, 4) is 11.5 Å². The van der Waals surface area contributed by atoms with E-state index in [1.165, 1.54) is 0 Å². The zero-order valence-corrected chi connectivity index (χ0v) is 23.4. The number of aliphatic carboxylic acids is 1. The van der Waals surface area contributed by atoms with Crippen LogP contribution in [0, 0.1) is 10.8 Å². The van der Waals surface area contributed by atoms with Crippen molar-refractivity contribution >= 4 is 17.5 Å². The molecule has 3 aliphatic rings. The third kappa shape index (κ3) is 5.03. The lowest BCUT2D eigenvalue weighted by Gasteiger charge is -2.48. The molecule has 0 radical (unpaired) electrons. The van der Waals surface area contributed by atoms with Crippen molar-refractivity contribution in [2.45, 2.75) is 72.6 Å². The molecule has 0 bridgehead atoms. The highest BCUT2D eigenvalue weighted by molar-refractivity contribution is 6.07. The summed E-state index contributed by atoms with van der Waals surface area (Å²) in [7, 11) is 1.58. The quantitative estimate of drug-likeness (QED) is 0.446. The second kappa shape index (κ2) is 10.1. The van der Waals surface area contributed by atoms with Crippen LogP contribution in [0.3, 0.4) is 0 Å². The maximum absolute atomic E-state index is 13.9. The Labute approximate surface area is 225 Å². The molecule has 1 N–H and O–H groups in total. The minimum absolute atomic E-state index is 0.0426. The van der Waals surface area contributed by atoms with E-state index in [0.717, 1.165) is 22.5 Å². The first-order valence-corrected chi connectivity index (χ1v) is 13.3. The number of rotatable bonds is 8. The van der Waals surface area contributed by atoms with Crippen molar-refractivity contribution in [3.63, 3.8) is 0 Å². The summed E-state index contributed by atoms with van der Waals surface area (Å²) < 4.78 is 11.7. The number of methoxy groups -OCH3 is 1. The largest absolute Gasteiger partial charge is 0.493 e. The topological polar surface area (TPSA) is 93.1 Å². The summed E-state index contributed by atoms with van der Waals surface area (Å²) in [5.74, 6) is -0.517. The molecule has 1 heterocycles. The number of carbonyl (C=O) groups excluding carboxylic acids is 2.